The van der Waals surface area contributed by atoms with Crippen LogP contribution < -0.4 is 10.6 Å². The van der Waals surface area contributed by atoms with E-state index in [-0.39, 0.29) is 24.1 Å². The van der Waals surface area contributed by atoms with Gasteiger partial charge in [0.15, 0.2) is 0 Å². The Labute approximate surface area is 124 Å². The molecule has 1 fully saturated rings. The van der Waals surface area contributed by atoms with Crippen molar-refractivity contribution >= 4 is 33.3 Å². The highest BCUT2D eigenvalue weighted by molar-refractivity contribution is 9.10. The first-order valence-corrected chi connectivity index (χ1v) is 7.13. The first-order valence-electron chi connectivity index (χ1n) is 6.34. The number of nitrogens with zero attached hydrogens (tertiary/aromatic N) is 3. The van der Waals surface area contributed by atoms with Crippen LogP contribution >= 0.6 is 15.9 Å². The van der Waals surface area contributed by atoms with Crippen molar-refractivity contribution in [2.75, 3.05) is 11.4 Å². The van der Waals surface area contributed by atoms with Crippen LogP contribution in [0.25, 0.3) is 0 Å². The molecule has 1 saturated carbocycles. The van der Waals surface area contributed by atoms with Gasteiger partial charge in [0.25, 0.3) is 0 Å². The molecule has 1 aromatic heterocycles. The van der Waals surface area contributed by atoms with Gasteiger partial charge in [-0.3, -0.25) is 14.9 Å². The molecule has 20 heavy (non-hydrogen) atoms. The molecule has 0 aromatic carbocycles. The number of pyridine rings is 1. The summed E-state index contributed by atoms with van der Waals surface area (Å²) in [5.41, 5.74) is 5.15. The second-order valence-electron chi connectivity index (χ2n) is 4.79. The summed E-state index contributed by atoms with van der Waals surface area (Å²) in [6.07, 6.45) is 5.37. The average Bonchev–Trinajstić information content (AvgIpc) is 2.89. The summed E-state index contributed by atoms with van der Waals surface area (Å²) in [5, 5.41) is 11.2. The van der Waals surface area contributed by atoms with E-state index in [1.165, 1.54) is 12.3 Å². The van der Waals surface area contributed by atoms with Gasteiger partial charge in [0, 0.05) is 22.8 Å². The predicted molar refractivity (Wildman–Crippen MR) is 77.4 cm³/mol. The zero-order valence-corrected chi connectivity index (χ0v) is 12.4. The Morgan fingerprint density at radius 2 is 2.20 bits per heavy atom. The van der Waals surface area contributed by atoms with Gasteiger partial charge in [0.05, 0.1) is 11.5 Å². The molecule has 0 atom stereocenters. The average molecular weight is 343 g/mol. The van der Waals surface area contributed by atoms with Gasteiger partial charge in [-0.2, -0.15) is 0 Å². The maximum atomic E-state index is 11.3. The zero-order valence-electron chi connectivity index (χ0n) is 10.8. The summed E-state index contributed by atoms with van der Waals surface area (Å²) in [4.78, 5) is 27.7. The molecule has 1 aliphatic rings. The van der Waals surface area contributed by atoms with Crippen LogP contribution in [0.4, 0.5) is 11.5 Å². The first-order chi connectivity index (χ1) is 9.49. The monoisotopic (exact) mass is 342 g/mol. The lowest BCUT2D eigenvalue weighted by molar-refractivity contribution is -0.384. The summed E-state index contributed by atoms with van der Waals surface area (Å²) in [6, 6.07) is 1.47. The minimum absolute atomic E-state index is 0.0554. The lowest BCUT2D eigenvalue weighted by Gasteiger charge is -2.28. The van der Waals surface area contributed by atoms with Crippen LogP contribution in [0.15, 0.2) is 16.7 Å². The van der Waals surface area contributed by atoms with Crippen LogP contribution in [0.3, 0.4) is 0 Å². The first kappa shape index (κ1) is 14.7. The van der Waals surface area contributed by atoms with E-state index in [1.807, 2.05) is 0 Å². The topological polar surface area (TPSA) is 102 Å². The molecular weight excluding hydrogens is 328 g/mol. The van der Waals surface area contributed by atoms with Gasteiger partial charge >= 0.3 is 5.69 Å². The van der Waals surface area contributed by atoms with Crippen LogP contribution in [-0.2, 0) is 4.79 Å². The Kier molecular flexibility index (Phi) is 4.53. The van der Waals surface area contributed by atoms with E-state index in [0.29, 0.717) is 4.47 Å². The van der Waals surface area contributed by atoms with E-state index < -0.39 is 10.8 Å². The SMILES string of the molecule is NC(=O)CN(c1ncc(Br)cc1[N+](=O)[O-])C1CCCC1. The number of hydrogen-bond donors (Lipinski definition) is 1. The van der Waals surface area contributed by atoms with E-state index >= 15 is 0 Å². The standard InChI is InChI=1S/C12H15BrN4O3/c13-8-5-10(17(19)20)12(15-6-8)16(7-11(14)18)9-3-1-2-4-9/h5-6,9H,1-4,7H2,(H2,14,18). The smallest absolute Gasteiger partial charge is 0.312 e. The van der Waals surface area contributed by atoms with Gasteiger partial charge in [-0.15, -0.1) is 0 Å². The van der Waals surface area contributed by atoms with Gasteiger partial charge in [-0.05, 0) is 28.8 Å². The number of carbonyl (C=O) groups excluding carboxylic acids is 1. The van der Waals surface area contributed by atoms with Crippen molar-refractivity contribution in [2.24, 2.45) is 5.73 Å². The molecule has 0 aliphatic heterocycles. The van der Waals surface area contributed by atoms with Crippen LogP contribution in [0.5, 0.6) is 0 Å². The van der Waals surface area contributed by atoms with Gasteiger partial charge in [0.1, 0.15) is 0 Å². The highest BCUT2D eigenvalue weighted by Gasteiger charge is 2.30. The van der Waals surface area contributed by atoms with Crippen molar-refractivity contribution in [3.05, 3.63) is 26.9 Å². The van der Waals surface area contributed by atoms with Crippen molar-refractivity contribution < 1.29 is 9.72 Å². The maximum Gasteiger partial charge on any atom is 0.312 e. The molecule has 2 N–H and O–H groups in total. The number of hydrogen-bond acceptors (Lipinski definition) is 5. The van der Waals surface area contributed by atoms with Crippen molar-refractivity contribution in [1.82, 2.24) is 4.98 Å². The Bertz CT molecular complexity index is 531. The molecule has 1 aromatic rings. The van der Waals surface area contributed by atoms with Crippen molar-refractivity contribution in [3.63, 3.8) is 0 Å². The Morgan fingerprint density at radius 3 is 2.75 bits per heavy atom. The molecular formula is C12H15BrN4O3. The molecule has 1 amide bonds. The van der Waals surface area contributed by atoms with Gasteiger partial charge in [-0.1, -0.05) is 12.8 Å². The molecule has 1 heterocycles. The largest absolute Gasteiger partial charge is 0.368 e. The molecule has 8 heteroatoms. The third-order valence-electron chi connectivity index (χ3n) is 3.37. The van der Waals surface area contributed by atoms with Crippen LogP contribution in [-0.4, -0.2) is 28.4 Å². The minimum atomic E-state index is -0.518. The quantitative estimate of drug-likeness (QED) is 0.651. The number of rotatable bonds is 5. The van der Waals surface area contributed by atoms with Crippen molar-refractivity contribution in [1.29, 1.82) is 0 Å². The summed E-state index contributed by atoms with van der Waals surface area (Å²) in [6.45, 7) is -0.0554. The van der Waals surface area contributed by atoms with E-state index in [2.05, 4.69) is 20.9 Å². The molecule has 0 bridgehead atoms. The van der Waals surface area contributed by atoms with Gasteiger partial charge in [-0.25, -0.2) is 4.98 Å². The fourth-order valence-corrected chi connectivity index (χ4v) is 2.86. The minimum Gasteiger partial charge on any atom is -0.368 e. The molecule has 0 saturated heterocycles. The van der Waals surface area contributed by atoms with E-state index in [9.17, 15) is 14.9 Å². The molecule has 0 spiro atoms. The van der Waals surface area contributed by atoms with Gasteiger partial charge < -0.3 is 10.6 Å². The summed E-state index contributed by atoms with van der Waals surface area (Å²) >= 11 is 3.17. The lowest BCUT2D eigenvalue weighted by atomic mass is 10.2. The zero-order chi connectivity index (χ0) is 14.7. The highest BCUT2D eigenvalue weighted by atomic mass is 79.9. The Balaban J connectivity index is 2.41. The third kappa shape index (κ3) is 3.24. The van der Waals surface area contributed by atoms with E-state index in [1.54, 1.807) is 4.90 Å². The highest BCUT2D eigenvalue weighted by Crippen LogP contribution is 2.33. The number of carbonyl (C=O) groups is 1. The Hall–Kier alpha value is -1.70. The molecule has 1 aliphatic carbocycles. The fraction of sp³-hybridized carbons (Fsp3) is 0.500. The number of primary amides is 1. The predicted octanol–water partition coefficient (Wildman–Crippen LogP) is 1.99. The second kappa shape index (κ2) is 6.17. The third-order valence-corrected chi connectivity index (χ3v) is 3.81. The number of halogens is 1. The molecule has 7 nitrogen and oxygen atoms in total. The molecule has 0 unspecified atom stereocenters. The molecule has 2 rings (SSSR count). The molecule has 0 radical (unpaired) electrons. The normalized spacial score (nSPS) is 15.2. The number of anilines is 1. The maximum absolute atomic E-state index is 11.3. The lowest BCUT2D eigenvalue weighted by Crippen LogP contribution is -2.41. The van der Waals surface area contributed by atoms with E-state index in [4.69, 9.17) is 5.73 Å². The summed E-state index contributed by atoms with van der Waals surface area (Å²) < 4.78 is 0.526. The van der Waals surface area contributed by atoms with Crippen LogP contribution in [0.2, 0.25) is 0 Å². The summed E-state index contributed by atoms with van der Waals surface area (Å²) in [5.74, 6) is -0.306. The number of nitro groups is 1. The second-order valence-corrected chi connectivity index (χ2v) is 5.70. The van der Waals surface area contributed by atoms with E-state index in [0.717, 1.165) is 25.7 Å². The van der Waals surface area contributed by atoms with Crippen molar-refractivity contribution in [2.45, 2.75) is 31.7 Å². The number of nitrogens with two attached hydrogens (primary N) is 1. The van der Waals surface area contributed by atoms with Crippen molar-refractivity contribution in [3.8, 4) is 0 Å². The van der Waals surface area contributed by atoms with Gasteiger partial charge in [0.2, 0.25) is 11.7 Å². The number of aromatic nitrogens is 1. The Morgan fingerprint density at radius 1 is 1.55 bits per heavy atom. The fourth-order valence-electron chi connectivity index (χ4n) is 2.54. The van der Waals surface area contributed by atoms with Crippen LogP contribution in [0, 0.1) is 10.1 Å². The number of amides is 1. The molecule has 108 valence electrons. The summed E-state index contributed by atoms with van der Waals surface area (Å²) in [7, 11) is 0. The van der Waals surface area contributed by atoms with Crippen LogP contribution in [0.1, 0.15) is 25.7 Å².